The average Bonchev–Trinajstić information content (AvgIpc) is 2.27. The summed E-state index contributed by atoms with van der Waals surface area (Å²) in [5.74, 6) is -0.296. The third kappa shape index (κ3) is 4.15. The van der Waals surface area contributed by atoms with Crippen LogP contribution in [0.3, 0.4) is 0 Å². The van der Waals surface area contributed by atoms with Gasteiger partial charge in [0.05, 0.1) is 12.2 Å². The SMILES string of the molecule is COCC(OC(=O)c1cccc(C)c1)C(C)(C)C. The maximum absolute atomic E-state index is 12.1. The minimum absolute atomic E-state index is 0.143. The van der Waals surface area contributed by atoms with E-state index in [9.17, 15) is 4.79 Å². The third-order valence-electron chi connectivity index (χ3n) is 2.79. The molecule has 1 aromatic rings. The van der Waals surface area contributed by atoms with Crippen molar-refractivity contribution in [3.8, 4) is 0 Å². The van der Waals surface area contributed by atoms with Crippen molar-refractivity contribution < 1.29 is 14.3 Å². The van der Waals surface area contributed by atoms with Gasteiger partial charge in [-0.1, -0.05) is 38.5 Å². The minimum atomic E-state index is -0.296. The second-order valence-electron chi connectivity index (χ2n) is 5.58. The highest BCUT2D eigenvalue weighted by Gasteiger charge is 2.28. The van der Waals surface area contributed by atoms with Crippen LogP contribution in [0.2, 0.25) is 0 Å². The molecule has 18 heavy (non-hydrogen) atoms. The molecule has 0 aliphatic heterocycles. The topological polar surface area (TPSA) is 35.5 Å². The number of aryl methyl sites for hydroxylation is 1. The molecule has 3 nitrogen and oxygen atoms in total. The molecule has 0 aliphatic carbocycles. The second kappa shape index (κ2) is 6.01. The van der Waals surface area contributed by atoms with Crippen molar-refractivity contribution in [3.63, 3.8) is 0 Å². The lowest BCUT2D eigenvalue weighted by Crippen LogP contribution is -2.35. The molecule has 3 heteroatoms. The number of ether oxygens (including phenoxy) is 2. The van der Waals surface area contributed by atoms with E-state index < -0.39 is 0 Å². The number of esters is 1. The van der Waals surface area contributed by atoms with E-state index in [1.54, 1.807) is 13.2 Å². The molecule has 1 unspecified atom stereocenters. The fraction of sp³-hybridized carbons (Fsp3) is 0.533. The van der Waals surface area contributed by atoms with E-state index in [1.807, 2.05) is 45.9 Å². The van der Waals surface area contributed by atoms with Crippen LogP contribution in [0.5, 0.6) is 0 Å². The Balaban J connectivity index is 2.79. The monoisotopic (exact) mass is 250 g/mol. The van der Waals surface area contributed by atoms with Crippen LogP contribution in [0, 0.1) is 12.3 Å². The van der Waals surface area contributed by atoms with Crippen molar-refractivity contribution in [1.82, 2.24) is 0 Å². The Hall–Kier alpha value is -1.35. The highest BCUT2D eigenvalue weighted by Crippen LogP contribution is 2.23. The zero-order valence-electron chi connectivity index (χ0n) is 11.8. The summed E-state index contributed by atoms with van der Waals surface area (Å²) in [6, 6.07) is 7.40. The van der Waals surface area contributed by atoms with Crippen molar-refractivity contribution in [2.45, 2.75) is 33.8 Å². The van der Waals surface area contributed by atoms with E-state index in [-0.39, 0.29) is 17.5 Å². The van der Waals surface area contributed by atoms with Crippen LogP contribution >= 0.6 is 0 Å². The van der Waals surface area contributed by atoms with E-state index in [1.165, 1.54) is 0 Å². The molecule has 1 rings (SSSR count). The maximum atomic E-state index is 12.1. The van der Waals surface area contributed by atoms with Crippen LogP contribution in [0.25, 0.3) is 0 Å². The van der Waals surface area contributed by atoms with Crippen molar-refractivity contribution in [2.24, 2.45) is 5.41 Å². The Morgan fingerprint density at radius 1 is 1.33 bits per heavy atom. The summed E-state index contributed by atoms with van der Waals surface area (Å²) < 4.78 is 10.6. The van der Waals surface area contributed by atoms with Gasteiger partial charge in [0, 0.05) is 12.5 Å². The highest BCUT2D eigenvalue weighted by molar-refractivity contribution is 5.89. The number of carbonyl (C=O) groups excluding carboxylic acids is 1. The molecule has 0 amide bonds. The van der Waals surface area contributed by atoms with Gasteiger partial charge in [-0.15, -0.1) is 0 Å². The number of carbonyl (C=O) groups is 1. The first kappa shape index (κ1) is 14.7. The first-order valence-corrected chi connectivity index (χ1v) is 6.11. The lowest BCUT2D eigenvalue weighted by atomic mass is 9.89. The van der Waals surface area contributed by atoms with Gasteiger partial charge in [-0.3, -0.25) is 0 Å². The molecule has 0 aliphatic rings. The molecule has 1 aromatic carbocycles. The fourth-order valence-corrected chi connectivity index (χ4v) is 1.58. The van der Waals surface area contributed by atoms with Crippen LogP contribution in [0.15, 0.2) is 24.3 Å². The number of hydrogen-bond donors (Lipinski definition) is 0. The molecule has 100 valence electrons. The molecule has 0 radical (unpaired) electrons. The van der Waals surface area contributed by atoms with Gasteiger partial charge in [-0.05, 0) is 19.1 Å². The van der Waals surface area contributed by atoms with Crippen LogP contribution in [-0.2, 0) is 9.47 Å². The summed E-state index contributed by atoms with van der Waals surface area (Å²) in [6.07, 6.45) is -0.254. The Bertz CT molecular complexity index is 404. The van der Waals surface area contributed by atoms with Crippen molar-refractivity contribution in [3.05, 3.63) is 35.4 Å². The average molecular weight is 250 g/mol. The summed E-state index contributed by atoms with van der Waals surface area (Å²) in [4.78, 5) is 12.1. The fourth-order valence-electron chi connectivity index (χ4n) is 1.58. The largest absolute Gasteiger partial charge is 0.456 e. The van der Waals surface area contributed by atoms with Gasteiger partial charge in [0.25, 0.3) is 0 Å². The summed E-state index contributed by atoms with van der Waals surface area (Å²) in [5, 5.41) is 0. The molecule has 0 bridgehead atoms. The van der Waals surface area contributed by atoms with Gasteiger partial charge in [0.2, 0.25) is 0 Å². The first-order valence-electron chi connectivity index (χ1n) is 6.11. The summed E-state index contributed by atoms with van der Waals surface area (Å²) in [5.41, 5.74) is 1.49. The first-order chi connectivity index (χ1) is 8.34. The van der Waals surface area contributed by atoms with Crippen molar-refractivity contribution >= 4 is 5.97 Å². The minimum Gasteiger partial charge on any atom is -0.456 e. The molecule has 0 heterocycles. The Morgan fingerprint density at radius 3 is 2.50 bits per heavy atom. The molecular weight excluding hydrogens is 228 g/mol. The maximum Gasteiger partial charge on any atom is 0.338 e. The zero-order valence-corrected chi connectivity index (χ0v) is 11.8. The normalized spacial score (nSPS) is 13.2. The van der Waals surface area contributed by atoms with Gasteiger partial charge in [0.15, 0.2) is 0 Å². The van der Waals surface area contributed by atoms with E-state index in [2.05, 4.69) is 0 Å². The van der Waals surface area contributed by atoms with E-state index in [0.29, 0.717) is 12.2 Å². The molecule has 1 atom stereocenters. The van der Waals surface area contributed by atoms with Gasteiger partial charge in [-0.25, -0.2) is 4.79 Å². The number of rotatable bonds is 4. The second-order valence-corrected chi connectivity index (χ2v) is 5.58. The predicted octanol–water partition coefficient (Wildman–Crippen LogP) is 3.21. The molecule has 0 spiro atoms. The summed E-state index contributed by atoms with van der Waals surface area (Å²) in [7, 11) is 1.61. The van der Waals surface area contributed by atoms with Gasteiger partial charge >= 0.3 is 5.97 Å². The third-order valence-corrected chi connectivity index (χ3v) is 2.79. The number of methoxy groups -OCH3 is 1. The van der Waals surface area contributed by atoms with Crippen LogP contribution < -0.4 is 0 Å². The van der Waals surface area contributed by atoms with Gasteiger partial charge in [0.1, 0.15) is 6.10 Å². The summed E-state index contributed by atoms with van der Waals surface area (Å²) in [6.45, 7) is 8.44. The smallest absolute Gasteiger partial charge is 0.338 e. The Morgan fingerprint density at radius 2 is 2.00 bits per heavy atom. The predicted molar refractivity (Wildman–Crippen MR) is 71.7 cm³/mol. The van der Waals surface area contributed by atoms with E-state index in [4.69, 9.17) is 9.47 Å². The van der Waals surface area contributed by atoms with Crippen molar-refractivity contribution in [2.75, 3.05) is 13.7 Å². The van der Waals surface area contributed by atoms with E-state index >= 15 is 0 Å². The highest BCUT2D eigenvalue weighted by atomic mass is 16.6. The molecule has 0 N–H and O–H groups in total. The molecule has 0 saturated heterocycles. The van der Waals surface area contributed by atoms with E-state index in [0.717, 1.165) is 5.56 Å². The van der Waals surface area contributed by atoms with Crippen LogP contribution in [-0.4, -0.2) is 25.8 Å². The summed E-state index contributed by atoms with van der Waals surface area (Å²) >= 11 is 0. The molecular formula is C15H22O3. The molecule has 0 fully saturated rings. The Labute approximate surface area is 109 Å². The lowest BCUT2D eigenvalue weighted by Gasteiger charge is -2.29. The van der Waals surface area contributed by atoms with Gasteiger partial charge < -0.3 is 9.47 Å². The lowest BCUT2D eigenvalue weighted by molar-refractivity contribution is -0.0351. The van der Waals surface area contributed by atoms with Crippen LogP contribution in [0.1, 0.15) is 36.7 Å². The van der Waals surface area contributed by atoms with Gasteiger partial charge in [-0.2, -0.15) is 0 Å². The zero-order chi connectivity index (χ0) is 13.8. The quantitative estimate of drug-likeness (QED) is 0.770. The van der Waals surface area contributed by atoms with Crippen LogP contribution in [0.4, 0.5) is 0 Å². The van der Waals surface area contributed by atoms with Crippen molar-refractivity contribution in [1.29, 1.82) is 0 Å². The number of benzene rings is 1. The number of hydrogen-bond acceptors (Lipinski definition) is 3. The Kier molecular flexibility index (Phi) is 4.91. The molecule has 0 saturated carbocycles. The molecule has 0 aromatic heterocycles. The standard InChI is InChI=1S/C15H22O3/c1-11-7-6-8-12(9-11)14(16)18-13(10-17-5)15(2,3)4/h6-9,13H,10H2,1-5H3.